The Morgan fingerprint density at radius 3 is 2.80 bits per heavy atom. The molecule has 0 saturated carbocycles. The third-order valence-electron chi connectivity index (χ3n) is 3.37. The molecule has 2 nitrogen and oxygen atoms in total. The number of rotatable bonds is 1. The summed E-state index contributed by atoms with van der Waals surface area (Å²) in [7, 11) is 0. The van der Waals surface area contributed by atoms with Gasteiger partial charge in [-0.25, -0.2) is 4.98 Å². The number of hydrogen-bond donors (Lipinski definition) is 1. The van der Waals surface area contributed by atoms with Gasteiger partial charge >= 0.3 is 0 Å². The van der Waals surface area contributed by atoms with E-state index < -0.39 is 0 Å². The average Bonchev–Trinajstić information content (AvgIpc) is 2.31. The van der Waals surface area contributed by atoms with Crippen LogP contribution in [-0.2, 0) is 0 Å². The van der Waals surface area contributed by atoms with Crippen LogP contribution in [0.1, 0.15) is 17.9 Å². The molecule has 2 bridgehead atoms. The smallest absolute Gasteiger partial charge is 0.129 e. The Balaban J connectivity index is 1.89. The summed E-state index contributed by atoms with van der Waals surface area (Å²) in [6.07, 6.45) is 7.76. The number of halogens is 1. The van der Waals surface area contributed by atoms with Crippen LogP contribution in [0.4, 0.5) is 0 Å². The molecular formula is C12H13ClN2. The van der Waals surface area contributed by atoms with Gasteiger partial charge < -0.3 is 5.32 Å². The molecular weight excluding hydrogens is 208 g/mol. The van der Waals surface area contributed by atoms with Crippen molar-refractivity contribution in [3.8, 4) is 0 Å². The summed E-state index contributed by atoms with van der Waals surface area (Å²) in [5.41, 5.74) is 1.30. The van der Waals surface area contributed by atoms with Gasteiger partial charge in [-0.2, -0.15) is 0 Å². The minimum atomic E-state index is 0.484. The molecule has 3 atom stereocenters. The van der Waals surface area contributed by atoms with Crippen molar-refractivity contribution in [2.45, 2.75) is 18.4 Å². The average molecular weight is 221 g/mol. The molecule has 2 aliphatic heterocycles. The van der Waals surface area contributed by atoms with Gasteiger partial charge in [0.2, 0.25) is 0 Å². The fourth-order valence-electron chi connectivity index (χ4n) is 2.56. The van der Waals surface area contributed by atoms with Crippen molar-refractivity contribution in [1.82, 2.24) is 10.3 Å². The van der Waals surface area contributed by atoms with E-state index in [-0.39, 0.29) is 0 Å². The Morgan fingerprint density at radius 1 is 1.33 bits per heavy atom. The van der Waals surface area contributed by atoms with E-state index in [0.717, 1.165) is 6.54 Å². The fraction of sp³-hybridized carbons (Fsp3) is 0.417. The summed E-state index contributed by atoms with van der Waals surface area (Å²) >= 11 is 5.79. The molecule has 4 rings (SSSR count). The van der Waals surface area contributed by atoms with Crippen LogP contribution in [-0.4, -0.2) is 17.6 Å². The first-order chi connectivity index (χ1) is 7.33. The molecule has 0 spiro atoms. The minimum Gasteiger partial charge on any atom is -0.309 e. The maximum Gasteiger partial charge on any atom is 0.129 e. The zero-order valence-electron chi connectivity index (χ0n) is 8.36. The molecule has 3 aliphatic rings. The molecule has 0 aromatic carbocycles. The predicted octanol–water partition coefficient (Wildman–Crippen LogP) is 2.37. The van der Waals surface area contributed by atoms with Gasteiger partial charge in [0.1, 0.15) is 5.15 Å². The topological polar surface area (TPSA) is 24.9 Å². The second-order valence-corrected chi connectivity index (χ2v) is 4.72. The molecule has 3 heterocycles. The van der Waals surface area contributed by atoms with Gasteiger partial charge in [-0.05, 0) is 24.0 Å². The van der Waals surface area contributed by atoms with Crippen molar-refractivity contribution in [1.29, 1.82) is 0 Å². The molecule has 1 saturated heterocycles. The first-order valence-corrected chi connectivity index (χ1v) is 5.74. The molecule has 0 radical (unpaired) electrons. The highest BCUT2D eigenvalue weighted by Gasteiger charge is 2.32. The Labute approximate surface area is 94.4 Å². The van der Waals surface area contributed by atoms with Crippen molar-refractivity contribution in [3.63, 3.8) is 0 Å². The maximum atomic E-state index is 5.79. The molecule has 1 aromatic heterocycles. The van der Waals surface area contributed by atoms with Crippen molar-refractivity contribution in [3.05, 3.63) is 41.2 Å². The summed E-state index contributed by atoms with van der Waals surface area (Å²) < 4.78 is 0. The number of hydrogen-bond acceptors (Lipinski definition) is 2. The van der Waals surface area contributed by atoms with E-state index in [1.165, 1.54) is 12.0 Å². The van der Waals surface area contributed by atoms with Crippen molar-refractivity contribution < 1.29 is 0 Å². The number of fused-ring (bicyclic) bond motifs is 2. The summed E-state index contributed by atoms with van der Waals surface area (Å²) in [6.45, 7) is 1.12. The predicted molar refractivity (Wildman–Crippen MR) is 61.0 cm³/mol. The van der Waals surface area contributed by atoms with E-state index in [1.807, 2.05) is 12.3 Å². The largest absolute Gasteiger partial charge is 0.309 e. The first kappa shape index (κ1) is 9.37. The SMILES string of the molecule is Clc1ccc(C2CC3C=CC2NC3)cn1. The third kappa shape index (κ3) is 1.68. The Morgan fingerprint density at radius 2 is 2.27 bits per heavy atom. The van der Waals surface area contributed by atoms with Crippen molar-refractivity contribution >= 4 is 11.6 Å². The highest BCUT2D eigenvalue weighted by molar-refractivity contribution is 6.29. The molecule has 15 heavy (non-hydrogen) atoms. The van der Waals surface area contributed by atoms with E-state index >= 15 is 0 Å². The third-order valence-corrected chi connectivity index (χ3v) is 3.60. The lowest BCUT2D eigenvalue weighted by atomic mass is 9.76. The van der Waals surface area contributed by atoms with Crippen molar-refractivity contribution in [2.24, 2.45) is 5.92 Å². The van der Waals surface area contributed by atoms with Gasteiger partial charge in [0, 0.05) is 24.7 Å². The molecule has 0 amide bonds. The first-order valence-electron chi connectivity index (χ1n) is 5.36. The van der Waals surface area contributed by atoms with E-state index in [0.29, 0.717) is 23.0 Å². The number of pyridine rings is 1. The van der Waals surface area contributed by atoms with Gasteiger partial charge in [-0.3, -0.25) is 0 Å². The molecule has 1 N–H and O–H groups in total. The van der Waals surface area contributed by atoms with Crippen LogP contribution < -0.4 is 5.32 Å². The molecule has 1 aliphatic carbocycles. The molecule has 3 unspecified atom stereocenters. The highest BCUT2D eigenvalue weighted by Crippen LogP contribution is 2.35. The molecule has 1 fully saturated rings. The standard InChI is InChI=1S/C12H13ClN2/c13-12-4-2-9(7-15-12)10-5-8-1-3-11(10)14-6-8/h1-4,7-8,10-11,14H,5-6H2. The normalized spacial score (nSPS) is 33.3. The van der Waals surface area contributed by atoms with Crippen LogP contribution in [0.15, 0.2) is 30.5 Å². The highest BCUT2D eigenvalue weighted by atomic mass is 35.5. The van der Waals surface area contributed by atoms with E-state index in [2.05, 4.69) is 28.5 Å². The molecule has 1 aromatic rings. The number of aromatic nitrogens is 1. The van der Waals surface area contributed by atoms with Crippen LogP contribution in [0.25, 0.3) is 0 Å². The summed E-state index contributed by atoms with van der Waals surface area (Å²) in [5.74, 6) is 1.26. The summed E-state index contributed by atoms with van der Waals surface area (Å²) in [5, 5.41) is 4.11. The zero-order chi connectivity index (χ0) is 10.3. The van der Waals surface area contributed by atoms with Crippen LogP contribution in [0.2, 0.25) is 5.15 Å². The lowest BCUT2D eigenvalue weighted by molar-refractivity contribution is 0.319. The van der Waals surface area contributed by atoms with Gasteiger partial charge in [-0.1, -0.05) is 29.8 Å². The van der Waals surface area contributed by atoms with Gasteiger partial charge in [0.25, 0.3) is 0 Å². The Hall–Kier alpha value is -0.860. The van der Waals surface area contributed by atoms with Crippen LogP contribution >= 0.6 is 11.6 Å². The summed E-state index contributed by atoms with van der Waals surface area (Å²) in [6, 6.07) is 4.46. The van der Waals surface area contributed by atoms with Crippen LogP contribution in [0.3, 0.4) is 0 Å². The second-order valence-electron chi connectivity index (χ2n) is 4.34. The van der Waals surface area contributed by atoms with E-state index in [9.17, 15) is 0 Å². The Bertz CT molecular complexity index is 385. The zero-order valence-corrected chi connectivity index (χ0v) is 9.11. The second kappa shape index (κ2) is 3.62. The number of piperidine rings is 1. The number of nitrogens with zero attached hydrogens (tertiary/aromatic N) is 1. The van der Waals surface area contributed by atoms with Crippen LogP contribution in [0, 0.1) is 5.92 Å². The van der Waals surface area contributed by atoms with E-state index in [1.54, 1.807) is 0 Å². The van der Waals surface area contributed by atoms with Crippen LogP contribution in [0.5, 0.6) is 0 Å². The van der Waals surface area contributed by atoms with E-state index in [4.69, 9.17) is 11.6 Å². The lowest BCUT2D eigenvalue weighted by Gasteiger charge is -2.39. The minimum absolute atomic E-state index is 0.484. The van der Waals surface area contributed by atoms with Gasteiger partial charge in [0.15, 0.2) is 0 Å². The number of nitrogens with one attached hydrogen (secondary N) is 1. The monoisotopic (exact) mass is 220 g/mol. The molecule has 78 valence electrons. The maximum absolute atomic E-state index is 5.79. The van der Waals surface area contributed by atoms with Gasteiger partial charge in [0.05, 0.1) is 0 Å². The summed E-state index contributed by atoms with van der Waals surface area (Å²) in [4.78, 5) is 4.15. The molecule has 3 heteroatoms. The van der Waals surface area contributed by atoms with Crippen molar-refractivity contribution in [2.75, 3.05) is 6.54 Å². The fourth-order valence-corrected chi connectivity index (χ4v) is 2.67. The lowest BCUT2D eigenvalue weighted by Crippen LogP contribution is -2.45. The Kier molecular flexibility index (Phi) is 2.26. The van der Waals surface area contributed by atoms with Gasteiger partial charge in [-0.15, -0.1) is 0 Å². The quantitative estimate of drug-likeness (QED) is 0.581.